The van der Waals surface area contributed by atoms with Gasteiger partial charge in [0.15, 0.2) is 6.23 Å². The SMILES string of the molecule is CO[C@@H](NC(=O)c1ccccc1)c1ccc(F)cc1. The lowest BCUT2D eigenvalue weighted by atomic mass is 10.1. The number of carbonyl (C=O) groups is 1. The Morgan fingerprint density at radius 1 is 1.11 bits per heavy atom. The smallest absolute Gasteiger partial charge is 0.253 e. The summed E-state index contributed by atoms with van der Waals surface area (Å²) in [6.07, 6.45) is -0.603. The van der Waals surface area contributed by atoms with Crippen molar-refractivity contribution in [1.82, 2.24) is 5.32 Å². The number of benzene rings is 2. The van der Waals surface area contributed by atoms with Crippen molar-refractivity contribution in [3.8, 4) is 0 Å². The highest BCUT2D eigenvalue weighted by atomic mass is 19.1. The normalized spacial score (nSPS) is 11.9. The highest BCUT2D eigenvalue weighted by Crippen LogP contribution is 2.15. The van der Waals surface area contributed by atoms with Crippen molar-refractivity contribution in [3.63, 3.8) is 0 Å². The lowest BCUT2D eigenvalue weighted by molar-refractivity contribution is 0.0575. The maximum Gasteiger partial charge on any atom is 0.253 e. The maximum absolute atomic E-state index is 12.9. The van der Waals surface area contributed by atoms with Gasteiger partial charge in [-0.2, -0.15) is 0 Å². The molecule has 0 radical (unpaired) electrons. The second kappa shape index (κ2) is 6.11. The number of hydrogen-bond acceptors (Lipinski definition) is 2. The summed E-state index contributed by atoms with van der Waals surface area (Å²) in [5.41, 5.74) is 1.24. The van der Waals surface area contributed by atoms with Crippen LogP contribution in [0.1, 0.15) is 22.1 Å². The van der Waals surface area contributed by atoms with E-state index in [1.165, 1.54) is 19.2 Å². The summed E-state index contributed by atoms with van der Waals surface area (Å²) < 4.78 is 18.1. The molecule has 0 heterocycles. The van der Waals surface area contributed by atoms with Gasteiger partial charge in [0.25, 0.3) is 5.91 Å². The molecular weight excluding hydrogens is 245 g/mol. The Morgan fingerprint density at radius 3 is 2.32 bits per heavy atom. The van der Waals surface area contributed by atoms with E-state index in [0.717, 1.165) is 0 Å². The first-order chi connectivity index (χ1) is 9.20. The van der Waals surface area contributed by atoms with Gasteiger partial charge in [-0.05, 0) is 24.3 Å². The van der Waals surface area contributed by atoms with E-state index >= 15 is 0 Å². The van der Waals surface area contributed by atoms with Gasteiger partial charge in [-0.3, -0.25) is 4.79 Å². The number of amides is 1. The third-order valence-corrected chi connectivity index (χ3v) is 2.71. The fraction of sp³-hybridized carbons (Fsp3) is 0.133. The molecule has 0 aliphatic heterocycles. The van der Waals surface area contributed by atoms with Crippen LogP contribution in [0, 0.1) is 5.82 Å². The quantitative estimate of drug-likeness (QED) is 0.857. The third-order valence-electron chi connectivity index (χ3n) is 2.71. The topological polar surface area (TPSA) is 38.3 Å². The minimum atomic E-state index is -0.603. The van der Waals surface area contributed by atoms with Gasteiger partial charge in [0, 0.05) is 18.2 Å². The highest BCUT2D eigenvalue weighted by Gasteiger charge is 2.14. The standard InChI is InChI=1S/C15H14FNO2/c1-19-15(12-7-9-13(16)10-8-12)17-14(18)11-5-3-2-4-6-11/h2-10,15H,1H3,(H,17,18)/t15-/m1/s1. The minimum Gasteiger partial charge on any atom is -0.357 e. The molecule has 19 heavy (non-hydrogen) atoms. The van der Waals surface area contributed by atoms with Crippen LogP contribution in [0.4, 0.5) is 4.39 Å². The highest BCUT2D eigenvalue weighted by molar-refractivity contribution is 5.94. The van der Waals surface area contributed by atoms with E-state index in [-0.39, 0.29) is 11.7 Å². The summed E-state index contributed by atoms with van der Waals surface area (Å²) in [6, 6.07) is 14.7. The monoisotopic (exact) mass is 259 g/mol. The molecule has 0 fully saturated rings. The number of carbonyl (C=O) groups excluding carboxylic acids is 1. The first-order valence-electron chi connectivity index (χ1n) is 5.85. The molecule has 0 unspecified atom stereocenters. The summed E-state index contributed by atoms with van der Waals surface area (Å²) >= 11 is 0. The molecule has 1 N–H and O–H groups in total. The largest absolute Gasteiger partial charge is 0.357 e. The number of hydrogen-bond donors (Lipinski definition) is 1. The number of methoxy groups -OCH3 is 1. The van der Waals surface area contributed by atoms with E-state index in [1.54, 1.807) is 36.4 Å². The van der Waals surface area contributed by atoms with Gasteiger partial charge < -0.3 is 10.1 Å². The molecule has 2 aromatic rings. The molecule has 2 rings (SSSR count). The maximum atomic E-state index is 12.9. The summed E-state index contributed by atoms with van der Waals surface area (Å²) in [5.74, 6) is -0.565. The van der Waals surface area contributed by atoms with Crippen LogP contribution in [-0.4, -0.2) is 13.0 Å². The molecule has 0 saturated carbocycles. The van der Waals surface area contributed by atoms with Crippen molar-refractivity contribution in [2.75, 3.05) is 7.11 Å². The molecule has 3 nitrogen and oxygen atoms in total. The summed E-state index contributed by atoms with van der Waals surface area (Å²) in [5, 5.41) is 2.74. The van der Waals surface area contributed by atoms with Gasteiger partial charge in [-0.25, -0.2) is 4.39 Å². The second-order valence-electron chi connectivity index (χ2n) is 4.01. The molecule has 2 aromatic carbocycles. The van der Waals surface area contributed by atoms with E-state index in [9.17, 15) is 9.18 Å². The van der Waals surface area contributed by atoms with Gasteiger partial charge in [-0.1, -0.05) is 30.3 Å². The van der Waals surface area contributed by atoms with Crippen LogP contribution in [0.25, 0.3) is 0 Å². The third kappa shape index (κ3) is 3.39. The van der Waals surface area contributed by atoms with Crippen LogP contribution >= 0.6 is 0 Å². The zero-order valence-corrected chi connectivity index (χ0v) is 10.5. The number of nitrogens with one attached hydrogen (secondary N) is 1. The average molecular weight is 259 g/mol. The first kappa shape index (κ1) is 13.2. The van der Waals surface area contributed by atoms with E-state index in [0.29, 0.717) is 11.1 Å². The van der Waals surface area contributed by atoms with Crippen LogP contribution in [0.15, 0.2) is 54.6 Å². The Labute approximate surface area is 111 Å². The number of ether oxygens (including phenoxy) is 1. The summed E-state index contributed by atoms with van der Waals surface area (Å²) in [6.45, 7) is 0. The van der Waals surface area contributed by atoms with Gasteiger partial charge >= 0.3 is 0 Å². The molecule has 0 bridgehead atoms. The molecule has 4 heteroatoms. The number of halogens is 1. The lowest BCUT2D eigenvalue weighted by Gasteiger charge is -2.17. The Balaban J connectivity index is 2.11. The van der Waals surface area contributed by atoms with Crippen molar-refractivity contribution in [2.45, 2.75) is 6.23 Å². The van der Waals surface area contributed by atoms with Gasteiger partial charge in [0.05, 0.1) is 0 Å². The van der Waals surface area contributed by atoms with Crippen molar-refractivity contribution in [3.05, 3.63) is 71.5 Å². The van der Waals surface area contributed by atoms with Gasteiger partial charge in [0.2, 0.25) is 0 Å². The van der Waals surface area contributed by atoms with E-state index < -0.39 is 6.23 Å². The Morgan fingerprint density at radius 2 is 1.74 bits per heavy atom. The van der Waals surface area contributed by atoms with E-state index in [4.69, 9.17) is 4.74 Å². The summed E-state index contributed by atoms with van der Waals surface area (Å²) in [7, 11) is 1.49. The minimum absolute atomic E-state index is 0.239. The van der Waals surface area contributed by atoms with Crippen LogP contribution < -0.4 is 5.32 Å². The fourth-order valence-electron chi connectivity index (χ4n) is 1.71. The van der Waals surface area contributed by atoms with Gasteiger partial charge in [-0.15, -0.1) is 0 Å². The second-order valence-corrected chi connectivity index (χ2v) is 4.01. The molecule has 0 aliphatic carbocycles. The van der Waals surface area contributed by atoms with Crippen molar-refractivity contribution >= 4 is 5.91 Å². The van der Waals surface area contributed by atoms with Gasteiger partial charge in [0.1, 0.15) is 5.82 Å². The Bertz CT molecular complexity index is 540. The fourth-order valence-corrected chi connectivity index (χ4v) is 1.71. The molecule has 0 spiro atoms. The zero-order valence-electron chi connectivity index (χ0n) is 10.5. The van der Waals surface area contributed by atoms with E-state index in [1.807, 2.05) is 6.07 Å². The van der Waals surface area contributed by atoms with Crippen LogP contribution in [0.5, 0.6) is 0 Å². The van der Waals surface area contributed by atoms with Crippen molar-refractivity contribution < 1.29 is 13.9 Å². The number of rotatable bonds is 4. The molecule has 0 aliphatic rings. The Kier molecular flexibility index (Phi) is 4.26. The molecule has 0 saturated heterocycles. The van der Waals surface area contributed by atoms with Crippen LogP contribution in [-0.2, 0) is 4.74 Å². The summed E-state index contributed by atoms with van der Waals surface area (Å²) in [4.78, 5) is 12.0. The molecule has 98 valence electrons. The van der Waals surface area contributed by atoms with E-state index in [2.05, 4.69) is 5.32 Å². The average Bonchev–Trinajstić information content (AvgIpc) is 2.46. The lowest BCUT2D eigenvalue weighted by Crippen LogP contribution is -2.29. The Hall–Kier alpha value is -2.20. The zero-order chi connectivity index (χ0) is 13.7. The molecular formula is C15H14FNO2. The van der Waals surface area contributed by atoms with Crippen LogP contribution in [0.3, 0.4) is 0 Å². The predicted molar refractivity (Wildman–Crippen MR) is 70.1 cm³/mol. The predicted octanol–water partition coefficient (Wildman–Crippen LogP) is 2.90. The molecule has 1 amide bonds. The van der Waals surface area contributed by atoms with Crippen molar-refractivity contribution in [2.24, 2.45) is 0 Å². The van der Waals surface area contributed by atoms with Crippen LogP contribution in [0.2, 0.25) is 0 Å². The first-order valence-corrected chi connectivity index (χ1v) is 5.85. The molecule has 1 atom stereocenters. The van der Waals surface area contributed by atoms with Crippen molar-refractivity contribution in [1.29, 1.82) is 0 Å². The molecule has 0 aromatic heterocycles.